The van der Waals surface area contributed by atoms with E-state index in [1.54, 1.807) is 4.90 Å². The molecular weight excluding hydrogens is 653 g/mol. The smallest absolute Gasteiger partial charge is 0.321 e. The van der Waals surface area contributed by atoms with Crippen molar-refractivity contribution in [2.24, 2.45) is 17.3 Å². The van der Waals surface area contributed by atoms with E-state index in [-0.39, 0.29) is 30.9 Å². The molecule has 3 aliphatic rings. The topological polar surface area (TPSA) is 109 Å². The maximum absolute atomic E-state index is 15.1. The Bertz CT molecular complexity index is 1780. The number of anilines is 1. The number of H-pyrrole nitrogens is 1. The zero-order chi connectivity index (χ0) is 34.1. The van der Waals surface area contributed by atoms with Crippen molar-refractivity contribution in [3.05, 3.63) is 65.7 Å². The van der Waals surface area contributed by atoms with Crippen molar-refractivity contribution in [2.75, 3.05) is 51.1 Å². The van der Waals surface area contributed by atoms with Gasteiger partial charge >= 0.3 is 6.03 Å². The minimum absolute atomic E-state index is 0. The molecule has 50 heavy (non-hydrogen) atoms. The van der Waals surface area contributed by atoms with Crippen molar-refractivity contribution in [2.45, 2.75) is 65.4 Å². The van der Waals surface area contributed by atoms with Crippen molar-refractivity contribution in [1.82, 2.24) is 30.1 Å². The van der Waals surface area contributed by atoms with E-state index in [4.69, 9.17) is 0 Å². The Morgan fingerprint density at radius 3 is 2.52 bits per heavy atom. The summed E-state index contributed by atoms with van der Waals surface area (Å²) in [5.74, 6) is -0.00542. The van der Waals surface area contributed by atoms with Gasteiger partial charge in [-0.3, -0.25) is 0 Å². The first kappa shape index (κ1) is 36.2. The highest BCUT2D eigenvalue weighted by Crippen LogP contribution is 2.40. The first-order valence-electron chi connectivity index (χ1n) is 18.1. The summed E-state index contributed by atoms with van der Waals surface area (Å²) in [5, 5.41) is 17.7. The quantitative estimate of drug-likeness (QED) is 0.157. The number of fused-ring (bicyclic) bond motifs is 1. The summed E-state index contributed by atoms with van der Waals surface area (Å²) >= 11 is 0. The molecule has 11 heteroatoms. The first-order chi connectivity index (χ1) is 23.7. The Kier molecular flexibility index (Phi) is 11.1. The number of aromatic amines is 1. The van der Waals surface area contributed by atoms with Crippen molar-refractivity contribution < 1.29 is 14.3 Å². The molecule has 7 rings (SSSR count). The third-order valence-electron chi connectivity index (χ3n) is 11.3. The van der Waals surface area contributed by atoms with Gasteiger partial charge in [-0.15, -0.1) is 12.4 Å². The average molecular weight is 704 g/mol. The summed E-state index contributed by atoms with van der Waals surface area (Å²) in [7, 11) is 0. The van der Waals surface area contributed by atoms with Crippen molar-refractivity contribution in [1.29, 1.82) is 0 Å². The number of rotatable bonds is 8. The second-order valence-corrected chi connectivity index (χ2v) is 15.1. The summed E-state index contributed by atoms with van der Waals surface area (Å²) in [6.45, 7) is 12.7. The minimum Gasteiger partial charge on any atom is -0.391 e. The molecule has 3 fully saturated rings. The summed E-state index contributed by atoms with van der Waals surface area (Å²) < 4.78 is 15.1. The maximum atomic E-state index is 15.1. The van der Waals surface area contributed by atoms with Crippen LogP contribution in [0.15, 0.2) is 48.8 Å². The number of β-amino-alcohol motifs (C(OH)–C–C–N with tert-alkyl or cyclic N) is 1. The normalized spacial score (nSPS) is 20.8. The number of nitrogens with one attached hydrogen (secondary N) is 3. The predicted molar refractivity (Wildman–Crippen MR) is 200 cm³/mol. The largest absolute Gasteiger partial charge is 0.391 e. The van der Waals surface area contributed by atoms with Gasteiger partial charge < -0.3 is 30.5 Å². The molecule has 4 aromatic rings. The monoisotopic (exact) mass is 703 g/mol. The zero-order valence-electron chi connectivity index (χ0n) is 29.5. The summed E-state index contributed by atoms with van der Waals surface area (Å²) in [5.41, 5.74) is 6.81. The van der Waals surface area contributed by atoms with Gasteiger partial charge in [0.25, 0.3) is 0 Å². The highest BCUT2D eigenvalue weighted by atomic mass is 35.5. The molecule has 0 unspecified atom stereocenters. The predicted octanol–water partition coefficient (Wildman–Crippen LogP) is 7.04. The Morgan fingerprint density at radius 1 is 1.06 bits per heavy atom. The van der Waals surface area contributed by atoms with Crippen LogP contribution in [0.1, 0.15) is 57.1 Å². The molecule has 5 heterocycles. The van der Waals surface area contributed by atoms with Crippen LogP contribution in [0.5, 0.6) is 0 Å². The molecule has 2 amide bonds. The van der Waals surface area contributed by atoms with Crippen LogP contribution >= 0.6 is 12.4 Å². The van der Waals surface area contributed by atoms with Crippen molar-refractivity contribution >= 4 is 35.2 Å². The molecule has 2 atom stereocenters. The lowest BCUT2D eigenvalue weighted by Crippen LogP contribution is -2.45. The van der Waals surface area contributed by atoms with E-state index in [9.17, 15) is 9.90 Å². The van der Waals surface area contributed by atoms with Crippen LogP contribution in [-0.2, 0) is 6.42 Å². The number of aromatic nitrogens is 3. The fourth-order valence-electron chi connectivity index (χ4n) is 8.26. The standard InChI is InChI=1S/C39H50FN7O2.ClH/c1-25(2)18-29-22-47(23-35(29)48)38(49)45-33-20-30(40)19-31(26(33)3)36-32-21-34(44-37(32)43-24-42-36)28-6-4-27(5-7-28)8-15-46-16-11-39(12-17-46)9-13-41-14-10-39;/h4-7,19-21,24-25,29,35,41,48H,8-18,22-23H2,1-3H3,(H,45,49)(H,42,43,44);1H/t29-,35-;/m0./s1. The SMILES string of the molecule is Cc1c(NC(=O)N2C[C@H](CC(C)C)[C@@H](O)C2)cc(F)cc1-c1ncnc2[nH]c(-c3ccc(CCN4CCC5(CCNCC5)CC4)cc3)cc12.Cl. The number of hydrogen-bond acceptors (Lipinski definition) is 6. The van der Waals surface area contributed by atoms with E-state index < -0.39 is 11.9 Å². The number of amides is 2. The number of piperidine rings is 2. The second kappa shape index (κ2) is 15.4. The van der Waals surface area contributed by atoms with E-state index in [0.29, 0.717) is 46.0 Å². The molecule has 2 aromatic carbocycles. The highest BCUT2D eigenvalue weighted by molar-refractivity contribution is 5.97. The summed E-state index contributed by atoms with van der Waals surface area (Å²) in [6, 6.07) is 13.2. The van der Waals surface area contributed by atoms with Crippen LogP contribution in [0, 0.1) is 30.0 Å². The number of aliphatic hydroxyl groups excluding tert-OH is 1. The number of halogens is 2. The number of aliphatic hydroxyl groups is 1. The highest BCUT2D eigenvalue weighted by Gasteiger charge is 2.36. The van der Waals surface area contributed by atoms with E-state index in [1.807, 2.05) is 13.0 Å². The second-order valence-electron chi connectivity index (χ2n) is 15.1. The van der Waals surface area contributed by atoms with E-state index in [0.717, 1.165) is 36.0 Å². The molecular formula is C39H51ClFN7O2. The maximum Gasteiger partial charge on any atom is 0.321 e. The molecule has 4 N–H and O–H groups in total. The number of hydrogen-bond donors (Lipinski definition) is 4. The number of nitrogens with zero attached hydrogens (tertiary/aromatic N) is 4. The molecule has 9 nitrogen and oxygen atoms in total. The molecule has 1 spiro atoms. The molecule has 0 bridgehead atoms. The van der Waals surface area contributed by atoms with Crippen LogP contribution in [0.4, 0.5) is 14.9 Å². The third-order valence-corrected chi connectivity index (χ3v) is 11.3. The van der Waals surface area contributed by atoms with Gasteiger partial charge in [0, 0.05) is 47.9 Å². The lowest BCUT2D eigenvalue weighted by molar-refractivity contribution is 0.0746. The minimum atomic E-state index is -0.558. The molecule has 3 saturated heterocycles. The van der Waals surface area contributed by atoms with Crippen LogP contribution in [0.3, 0.4) is 0 Å². The summed E-state index contributed by atoms with van der Waals surface area (Å²) in [6.07, 6.45) is 8.11. The molecule has 0 radical (unpaired) electrons. The number of carbonyl (C=O) groups excluding carboxylic acids is 1. The van der Waals surface area contributed by atoms with E-state index in [1.165, 1.54) is 75.9 Å². The van der Waals surface area contributed by atoms with Crippen LogP contribution < -0.4 is 10.6 Å². The lowest BCUT2D eigenvalue weighted by atomic mass is 9.71. The Morgan fingerprint density at radius 2 is 1.80 bits per heavy atom. The van der Waals surface area contributed by atoms with Gasteiger partial charge in [0.15, 0.2) is 0 Å². The number of urea groups is 1. The van der Waals surface area contributed by atoms with Gasteiger partial charge in [-0.05, 0) is 118 Å². The average Bonchev–Trinajstić information content (AvgIpc) is 3.70. The molecule has 268 valence electrons. The van der Waals surface area contributed by atoms with Crippen LogP contribution in [0.2, 0.25) is 0 Å². The van der Waals surface area contributed by atoms with E-state index in [2.05, 4.69) is 68.6 Å². The van der Waals surface area contributed by atoms with Gasteiger partial charge in [-0.1, -0.05) is 38.1 Å². The van der Waals surface area contributed by atoms with Crippen LogP contribution in [0.25, 0.3) is 33.5 Å². The zero-order valence-corrected chi connectivity index (χ0v) is 30.3. The fourth-order valence-corrected chi connectivity index (χ4v) is 8.26. The lowest BCUT2D eigenvalue weighted by Gasteiger charge is -2.44. The molecule has 0 saturated carbocycles. The fraction of sp³-hybridized carbons (Fsp3) is 0.513. The number of likely N-dealkylation sites (tertiary alicyclic amines) is 2. The van der Waals surface area contributed by atoms with Gasteiger partial charge in [-0.25, -0.2) is 19.2 Å². The molecule has 3 aliphatic heterocycles. The Balaban J connectivity index is 0.00000432. The number of benzene rings is 2. The Labute approximate surface area is 300 Å². The van der Waals surface area contributed by atoms with E-state index >= 15 is 4.39 Å². The molecule has 0 aliphatic carbocycles. The third kappa shape index (κ3) is 7.83. The first-order valence-corrected chi connectivity index (χ1v) is 18.1. The van der Waals surface area contributed by atoms with Gasteiger partial charge in [0.05, 0.1) is 11.8 Å². The van der Waals surface area contributed by atoms with Crippen molar-refractivity contribution in [3.63, 3.8) is 0 Å². The van der Waals surface area contributed by atoms with Crippen molar-refractivity contribution in [3.8, 4) is 22.5 Å². The summed E-state index contributed by atoms with van der Waals surface area (Å²) in [4.78, 5) is 30.0. The van der Waals surface area contributed by atoms with Crippen LogP contribution in [-0.4, -0.2) is 87.8 Å². The number of carbonyl (C=O) groups is 1. The Hall–Kier alpha value is -3.57. The van der Waals surface area contributed by atoms with Gasteiger partial charge in [0.2, 0.25) is 0 Å². The molecule has 2 aromatic heterocycles. The van der Waals surface area contributed by atoms with Gasteiger partial charge in [-0.2, -0.15) is 0 Å². The van der Waals surface area contributed by atoms with Gasteiger partial charge in [0.1, 0.15) is 17.8 Å².